The van der Waals surface area contributed by atoms with Crippen LogP contribution in [0.4, 0.5) is 0 Å². The molecular formula is C19H21N3. The minimum atomic E-state index is 0.900. The molecular weight excluding hydrogens is 270 g/mol. The number of aromatic nitrogens is 3. The van der Waals surface area contributed by atoms with Crippen LogP contribution in [-0.4, -0.2) is 14.8 Å². The largest absolute Gasteiger partial charge is 0.213 e. The summed E-state index contributed by atoms with van der Waals surface area (Å²) in [5, 5.41) is 4.75. The lowest BCUT2D eigenvalue weighted by Gasteiger charge is -2.10. The lowest BCUT2D eigenvalue weighted by atomic mass is 10.1. The molecule has 0 aliphatic heterocycles. The highest BCUT2D eigenvalue weighted by Crippen LogP contribution is 2.24. The molecule has 3 rings (SSSR count). The van der Waals surface area contributed by atoms with Crippen LogP contribution in [-0.2, 0) is 6.42 Å². The Morgan fingerprint density at radius 3 is 2.50 bits per heavy atom. The van der Waals surface area contributed by atoms with Gasteiger partial charge in [-0.15, -0.1) is 0 Å². The molecule has 0 saturated heterocycles. The number of hydrogen-bond acceptors (Lipinski definition) is 2. The number of aryl methyl sites for hydroxylation is 3. The van der Waals surface area contributed by atoms with E-state index in [1.54, 1.807) is 0 Å². The molecule has 0 amide bonds. The van der Waals surface area contributed by atoms with Crippen LogP contribution in [0.2, 0.25) is 0 Å². The fourth-order valence-corrected chi connectivity index (χ4v) is 2.57. The molecule has 0 N–H and O–H groups in total. The van der Waals surface area contributed by atoms with E-state index < -0.39 is 0 Å². The molecule has 3 heteroatoms. The van der Waals surface area contributed by atoms with Gasteiger partial charge in [-0.3, -0.25) is 0 Å². The zero-order valence-corrected chi connectivity index (χ0v) is 13.4. The summed E-state index contributed by atoms with van der Waals surface area (Å²) in [6.45, 7) is 6.38. The van der Waals surface area contributed by atoms with Gasteiger partial charge < -0.3 is 0 Å². The molecule has 0 radical (unpaired) electrons. The summed E-state index contributed by atoms with van der Waals surface area (Å²) in [5.41, 5.74) is 4.63. The van der Waals surface area contributed by atoms with Gasteiger partial charge in [0.2, 0.25) is 0 Å². The summed E-state index contributed by atoms with van der Waals surface area (Å²) in [6.07, 6.45) is 1.95. The van der Waals surface area contributed by atoms with E-state index in [0.29, 0.717) is 0 Å². The number of nitrogens with zero attached hydrogens (tertiary/aromatic N) is 3. The zero-order chi connectivity index (χ0) is 15.5. The van der Waals surface area contributed by atoms with Crippen molar-refractivity contribution in [2.24, 2.45) is 0 Å². The third-order valence-electron chi connectivity index (χ3n) is 3.75. The number of hydrogen-bond donors (Lipinski definition) is 0. The third kappa shape index (κ3) is 2.80. The van der Waals surface area contributed by atoms with Crippen LogP contribution in [0, 0.1) is 13.8 Å². The Kier molecular flexibility index (Phi) is 4.05. The van der Waals surface area contributed by atoms with Gasteiger partial charge in [0.25, 0.3) is 0 Å². The Hall–Kier alpha value is -2.42. The smallest absolute Gasteiger partial charge is 0.163 e. The molecule has 2 aromatic carbocycles. The zero-order valence-electron chi connectivity index (χ0n) is 13.4. The first kappa shape index (κ1) is 14.5. The first-order chi connectivity index (χ1) is 10.7. The van der Waals surface area contributed by atoms with Gasteiger partial charge in [0, 0.05) is 12.0 Å². The lowest BCUT2D eigenvalue weighted by Crippen LogP contribution is -2.02. The van der Waals surface area contributed by atoms with Crippen LogP contribution in [0.5, 0.6) is 0 Å². The average molecular weight is 291 g/mol. The standard InChI is InChI=1S/C19H21N3/c1-4-8-18-20-19(16-9-6-5-7-10-16)22(21-18)17-13-14(2)11-12-15(17)3/h5-7,9-13H,4,8H2,1-3H3. The molecule has 0 aliphatic carbocycles. The maximum Gasteiger partial charge on any atom is 0.163 e. The van der Waals surface area contributed by atoms with E-state index in [9.17, 15) is 0 Å². The Morgan fingerprint density at radius 1 is 1.00 bits per heavy atom. The second-order valence-corrected chi connectivity index (χ2v) is 5.67. The fourth-order valence-electron chi connectivity index (χ4n) is 2.57. The normalized spacial score (nSPS) is 10.9. The molecule has 0 spiro atoms. The molecule has 1 aromatic heterocycles. The molecule has 112 valence electrons. The highest BCUT2D eigenvalue weighted by Gasteiger charge is 2.14. The van der Waals surface area contributed by atoms with Crippen molar-refractivity contribution in [3.8, 4) is 17.1 Å². The van der Waals surface area contributed by atoms with E-state index in [-0.39, 0.29) is 0 Å². The van der Waals surface area contributed by atoms with Gasteiger partial charge in [-0.25, -0.2) is 9.67 Å². The van der Waals surface area contributed by atoms with Gasteiger partial charge in [0.1, 0.15) is 0 Å². The summed E-state index contributed by atoms with van der Waals surface area (Å²) in [7, 11) is 0. The molecule has 0 fully saturated rings. The molecule has 0 unspecified atom stereocenters. The minimum absolute atomic E-state index is 0.900. The topological polar surface area (TPSA) is 30.7 Å². The Labute approximate surface area is 131 Å². The lowest BCUT2D eigenvalue weighted by molar-refractivity contribution is 0.797. The van der Waals surface area contributed by atoms with E-state index >= 15 is 0 Å². The van der Waals surface area contributed by atoms with Crippen molar-refractivity contribution < 1.29 is 0 Å². The molecule has 0 aliphatic rings. The molecule has 0 bridgehead atoms. The van der Waals surface area contributed by atoms with Crippen molar-refractivity contribution in [3.63, 3.8) is 0 Å². The van der Waals surface area contributed by atoms with Gasteiger partial charge >= 0.3 is 0 Å². The van der Waals surface area contributed by atoms with E-state index in [2.05, 4.69) is 51.1 Å². The Bertz CT molecular complexity index is 773. The van der Waals surface area contributed by atoms with Crippen molar-refractivity contribution in [1.29, 1.82) is 0 Å². The minimum Gasteiger partial charge on any atom is -0.213 e. The first-order valence-electron chi connectivity index (χ1n) is 7.78. The average Bonchev–Trinajstić information content (AvgIpc) is 2.95. The quantitative estimate of drug-likeness (QED) is 0.708. The molecule has 3 aromatic rings. The summed E-state index contributed by atoms with van der Waals surface area (Å²) >= 11 is 0. The predicted octanol–water partition coefficient (Wildman–Crippen LogP) is 4.50. The van der Waals surface area contributed by atoms with Crippen LogP contribution < -0.4 is 0 Å². The Balaban J connectivity index is 2.19. The van der Waals surface area contributed by atoms with Crippen LogP contribution in [0.3, 0.4) is 0 Å². The van der Waals surface area contributed by atoms with E-state index in [4.69, 9.17) is 10.1 Å². The van der Waals surface area contributed by atoms with Gasteiger partial charge in [0.15, 0.2) is 11.6 Å². The SMILES string of the molecule is CCCc1nc(-c2ccccc2)n(-c2cc(C)ccc2C)n1. The van der Waals surface area contributed by atoms with E-state index in [1.165, 1.54) is 11.1 Å². The molecule has 3 nitrogen and oxygen atoms in total. The molecule has 0 atom stereocenters. The van der Waals surface area contributed by atoms with Crippen molar-refractivity contribution in [1.82, 2.24) is 14.8 Å². The van der Waals surface area contributed by atoms with Crippen molar-refractivity contribution in [2.45, 2.75) is 33.6 Å². The van der Waals surface area contributed by atoms with Crippen molar-refractivity contribution >= 4 is 0 Å². The maximum atomic E-state index is 4.77. The number of rotatable bonds is 4. The summed E-state index contributed by atoms with van der Waals surface area (Å²) in [4.78, 5) is 4.77. The van der Waals surface area contributed by atoms with E-state index in [0.717, 1.165) is 35.7 Å². The second-order valence-electron chi connectivity index (χ2n) is 5.67. The fraction of sp³-hybridized carbons (Fsp3) is 0.263. The van der Waals surface area contributed by atoms with E-state index in [1.807, 2.05) is 22.9 Å². The maximum absolute atomic E-state index is 4.77. The second kappa shape index (κ2) is 6.14. The molecule has 22 heavy (non-hydrogen) atoms. The van der Waals surface area contributed by atoms with Crippen LogP contribution in [0.1, 0.15) is 30.3 Å². The van der Waals surface area contributed by atoms with Crippen LogP contribution in [0.25, 0.3) is 17.1 Å². The monoisotopic (exact) mass is 291 g/mol. The number of benzene rings is 2. The van der Waals surface area contributed by atoms with Gasteiger partial charge in [-0.2, -0.15) is 5.10 Å². The van der Waals surface area contributed by atoms with Gasteiger partial charge in [-0.05, 0) is 37.5 Å². The van der Waals surface area contributed by atoms with Crippen molar-refractivity contribution in [3.05, 3.63) is 65.5 Å². The van der Waals surface area contributed by atoms with Crippen LogP contribution >= 0.6 is 0 Å². The summed E-state index contributed by atoms with van der Waals surface area (Å²) in [6, 6.07) is 16.7. The molecule has 1 heterocycles. The summed E-state index contributed by atoms with van der Waals surface area (Å²) < 4.78 is 1.99. The highest BCUT2D eigenvalue weighted by atomic mass is 15.4. The first-order valence-corrected chi connectivity index (χ1v) is 7.78. The van der Waals surface area contributed by atoms with Crippen LogP contribution in [0.15, 0.2) is 48.5 Å². The Morgan fingerprint density at radius 2 is 1.77 bits per heavy atom. The summed E-state index contributed by atoms with van der Waals surface area (Å²) in [5.74, 6) is 1.82. The highest BCUT2D eigenvalue weighted by molar-refractivity contribution is 5.59. The molecule has 0 saturated carbocycles. The van der Waals surface area contributed by atoms with Gasteiger partial charge in [0.05, 0.1) is 5.69 Å². The third-order valence-corrected chi connectivity index (χ3v) is 3.75. The predicted molar refractivity (Wildman–Crippen MR) is 90.3 cm³/mol. The van der Waals surface area contributed by atoms with Gasteiger partial charge in [-0.1, -0.05) is 49.4 Å². The van der Waals surface area contributed by atoms with Crippen molar-refractivity contribution in [2.75, 3.05) is 0 Å².